The first kappa shape index (κ1) is 34.4. The number of benzene rings is 1. The van der Waals surface area contributed by atoms with Gasteiger partial charge < -0.3 is 60.9 Å². The maximum atomic E-state index is 12.3. The Morgan fingerprint density at radius 3 is 2.24 bits per heavy atom. The van der Waals surface area contributed by atoms with E-state index in [9.17, 15) is 15.0 Å². The van der Waals surface area contributed by atoms with Crippen LogP contribution in [0.15, 0.2) is 24.3 Å². The molecule has 2 aliphatic heterocycles. The number of carbonyl (C=O) groups is 1. The first-order chi connectivity index (χ1) is 21.5. The lowest BCUT2D eigenvalue weighted by Gasteiger charge is -2.49. The molecule has 2 aliphatic carbocycles. The number of hydrogen-bond donors (Lipinski definition) is 7. The van der Waals surface area contributed by atoms with E-state index in [0.717, 1.165) is 11.1 Å². The van der Waals surface area contributed by atoms with Gasteiger partial charge in [-0.3, -0.25) is 0 Å². The van der Waals surface area contributed by atoms with Crippen LogP contribution in [-0.2, 0) is 30.3 Å². The molecule has 4 aliphatic rings. The van der Waals surface area contributed by atoms with Crippen LogP contribution in [0.2, 0.25) is 0 Å². The summed E-state index contributed by atoms with van der Waals surface area (Å²) in [6, 6.07) is 6.75. The fraction of sp³-hybridized carbons (Fsp3) is 0.781. The van der Waals surface area contributed by atoms with Crippen LogP contribution in [0.25, 0.3) is 0 Å². The Morgan fingerprint density at radius 1 is 0.978 bits per heavy atom. The molecule has 1 amide bonds. The van der Waals surface area contributed by atoms with Crippen LogP contribution in [0.4, 0.5) is 4.79 Å². The molecule has 1 aromatic rings. The summed E-state index contributed by atoms with van der Waals surface area (Å²) in [5.74, 6) is 0.319. The highest BCUT2D eigenvalue weighted by atomic mass is 16.7. The zero-order valence-corrected chi connectivity index (χ0v) is 27.3. The molecule has 1 aromatic carbocycles. The number of fused-ring (bicyclic) bond motifs is 1. The van der Waals surface area contributed by atoms with Gasteiger partial charge in [-0.1, -0.05) is 43.7 Å². The molecule has 13 heteroatoms. The van der Waals surface area contributed by atoms with Gasteiger partial charge in [0.15, 0.2) is 12.6 Å². The summed E-state index contributed by atoms with van der Waals surface area (Å²) < 4.78 is 30.4. The van der Waals surface area contributed by atoms with Crippen molar-refractivity contribution >= 4 is 6.09 Å². The van der Waals surface area contributed by atoms with E-state index in [0.29, 0.717) is 26.0 Å². The van der Waals surface area contributed by atoms with Crippen LogP contribution in [0.3, 0.4) is 0 Å². The summed E-state index contributed by atoms with van der Waals surface area (Å²) >= 11 is 0. The van der Waals surface area contributed by atoms with Gasteiger partial charge in [-0.15, -0.1) is 0 Å². The number of amides is 1. The molecule has 45 heavy (non-hydrogen) atoms. The second-order valence-electron chi connectivity index (χ2n) is 13.8. The molecule has 8 N–H and O–H groups in total. The van der Waals surface area contributed by atoms with E-state index >= 15 is 0 Å². The maximum Gasteiger partial charge on any atom is 0.407 e. The minimum absolute atomic E-state index is 0.104. The van der Waals surface area contributed by atoms with Crippen molar-refractivity contribution in [3.8, 4) is 0 Å². The number of likely N-dealkylation sites (N-methyl/N-ethyl adjacent to an activating group) is 3. The number of nitrogens with two attached hydrogens (primary N) is 1. The van der Waals surface area contributed by atoms with Gasteiger partial charge in [0.25, 0.3) is 0 Å². The average Bonchev–Trinajstić information content (AvgIpc) is 3.69. The Labute approximate surface area is 266 Å². The summed E-state index contributed by atoms with van der Waals surface area (Å²) in [7, 11) is 5.45. The third-order valence-electron chi connectivity index (χ3n) is 10.1. The lowest BCUT2D eigenvalue weighted by molar-refractivity contribution is -0.299. The molecule has 13 nitrogen and oxygen atoms in total. The normalized spacial score (nSPS) is 40.8. The fourth-order valence-corrected chi connectivity index (χ4v) is 7.30. The summed E-state index contributed by atoms with van der Waals surface area (Å²) in [6.45, 7) is 7.07. The standard InChI is InChI=1S/C32H53N5O8/c1-16-7-9-17(10-8-16)14-41-31(40)37-13-19-18-11-20(33)29(43-25(18)19)44-26-21(34-4)12-22(35-5)27(23(26)38)45-30-24(39)28(36-6)32(2,3)15-42-30/h7-10,18-30,34-36,38-39H,11-15,33H2,1-6H3,(H,37,40)/t18-,19?,20?,21?,22?,23?,24?,25?,26?,27?,28?,29?,30?/m1/s1. The monoisotopic (exact) mass is 635 g/mol. The topological polar surface area (TPSA) is 178 Å². The number of aryl methyl sites for hydroxylation is 1. The Morgan fingerprint density at radius 2 is 1.62 bits per heavy atom. The molecule has 13 atom stereocenters. The molecule has 0 aromatic heterocycles. The summed E-state index contributed by atoms with van der Waals surface area (Å²) in [5, 5.41) is 35.3. The number of nitrogens with one attached hydrogen (secondary N) is 4. The van der Waals surface area contributed by atoms with Crippen molar-refractivity contribution in [3.63, 3.8) is 0 Å². The second kappa shape index (κ2) is 14.5. The summed E-state index contributed by atoms with van der Waals surface area (Å²) in [5.41, 5.74) is 8.31. The second-order valence-corrected chi connectivity index (χ2v) is 13.8. The van der Waals surface area contributed by atoms with Gasteiger partial charge in [-0.25, -0.2) is 4.79 Å². The molecule has 0 spiro atoms. The predicted octanol–water partition coefficient (Wildman–Crippen LogP) is -0.0481. The van der Waals surface area contributed by atoms with E-state index in [-0.39, 0.29) is 48.1 Å². The first-order valence-corrected chi connectivity index (χ1v) is 16.1. The van der Waals surface area contributed by atoms with E-state index in [1.807, 2.05) is 66.2 Å². The highest BCUT2D eigenvalue weighted by Crippen LogP contribution is 2.49. The minimum atomic E-state index is -1.07. The molecule has 2 heterocycles. The number of alkyl carbamates (subject to hydrolysis) is 1. The fourth-order valence-electron chi connectivity index (χ4n) is 7.30. The van der Waals surface area contributed by atoms with Crippen molar-refractivity contribution in [1.82, 2.24) is 21.3 Å². The molecule has 0 radical (unpaired) electrons. The zero-order valence-electron chi connectivity index (χ0n) is 27.3. The Kier molecular flexibility index (Phi) is 11.1. The molecular weight excluding hydrogens is 582 g/mol. The van der Waals surface area contributed by atoms with Gasteiger partial charge in [0.2, 0.25) is 0 Å². The van der Waals surface area contributed by atoms with Crippen molar-refractivity contribution in [2.24, 2.45) is 23.0 Å². The molecular formula is C32H53N5O8. The predicted molar refractivity (Wildman–Crippen MR) is 166 cm³/mol. The van der Waals surface area contributed by atoms with Crippen molar-refractivity contribution in [2.75, 3.05) is 34.3 Å². The summed E-state index contributed by atoms with van der Waals surface area (Å²) in [6.07, 6.45) is -4.39. The summed E-state index contributed by atoms with van der Waals surface area (Å²) in [4.78, 5) is 12.3. The van der Waals surface area contributed by atoms with Gasteiger partial charge >= 0.3 is 6.09 Å². The molecule has 5 rings (SSSR count). The number of hydrogen-bond acceptors (Lipinski definition) is 12. The SMILES string of the molecule is CNC1CC(NC)C(OC2OCC(C)(C)C(NC)C2O)C(O)C1OC1OC2C(CNC(=O)OCc3ccc(C)cc3)[C@H]2CC1N. The number of carbonyl (C=O) groups excluding carboxylic acids is 1. The minimum Gasteiger partial charge on any atom is -0.445 e. The largest absolute Gasteiger partial charge is 0.445 e. The van der Waals surface area contributed by atoms with Crippen LogP contribution in [0, 0.1) is 24.2 Å². The number of rotatable bonds is 11. The Hall–Kier alpha value is -1.91. The van der Waals surface area contributed by atoms with Crippen LogP contribution in [-0.4, -0.2) is 118 Å². The maximum absolute atomic E-state index is 12.3. The molecule has 254 valence electrons. The molecule has 4 fully saturated rings. The van der Waals surface area contributed by atoms with Crippen LogP contribution >= 0.6 is 0 Å². The Balaban J connectivity index is 1.16. The van der Waals surface area contributed by atoms with Gasteiger partial charge in [0.05, 0.1) is 18.8 Å². The van der Waals surface area contributed by atoms with Crippen molar-refractivity contribution in [1.29, 1.82) is 0 Å². The smallest absolute Gasteiger partial charge is 0.407 e. The first-order valence-electron chi connectivity index (χ1n) is 16.1. The van der Waals surface area contributed by atoms with E-state index in [2.05, 4.69) is 21.3 Å². The lowest BCUT2D eigenvalue weighted by Crippen LogP contribution is -2.67. The molecule has 0 bridgehead atoms. The molecule has 12 unspecified atom stereocenters. The van der Waals surface area contributed by atoms with Gasteiger partial charge in [-0.05, 0) is 52.4 Å². The third-order valence-corrected chi connectivity index (χ3v) is 10.1. The van der Waals surface area contributed by atoms with E-state index in [1.54, 1.807) is 0 Å². The van der Waals surface area contributed by atoms with Gasteiger partial charge in [0.1, 0.15) is 31.0 Å². The third kappa shape index (κ3) is 7.64. The highest BCUT2D eigenvalue weighted by Gasteiger charge is 2.58. The van der Waals surface area contributed by atoms with Crippen LogP contribution < -0.4 is 27.0 Å². The van der Waals surface area contributed by atoms with Gasteiger partial charge in [0, 0.05) is 36.0 Å². The van der Waals surface area contributed by atoms with Crippen molar-refractivity contribution < 1.29 is 38.7 Å². The van der Waals surface area contributed by atoms with Crippen molar-refractivity contribution in [2.45, 2.75) is 107 Å². The van der Waals surface area contributed by atoms with Crippen molar-refractivity contribution in [3.05, 3.63) is 35.4 Å². The van der Waals surface area contributed by atoms with Gasteiger partial charge in [-0.2, -0.15) is 0 Å². The number of aliphatic hydroxyl groups excluding tert-OH is 2. The zero-order chi connectivity index (χ0) is 32.5. The quantitative estimate of drug-likeness (QED) is 0.173. The number of aliphatic hydroxyl groups is 2. The highest BCUT2D eigenvalue weighted by molar-refractivity contribution is 5.67. The molecule has 2 saturated carbocycles. The van der Waals surface area contributed by atoms with Crippen LogP contribution in [0.1, 0.15) is 37.8 Å². The van der Waals surface area contributed by atoms with E-state index in [4.69, 9.17) is 29.4 Å². The Bertz CT molecular complexity index is 1130. The van der Waals surface area contributed by atoms with E-state index in [1.165, 1.54) is 0 Å². The lowest BCUT2D eigenvalue weighted by atomic mass is 9.79. The van der Waals surface area contributed by atoms with E-state index < -0.39 is 49.1 Å². The number of ether oxygens (including phenoxy) is 5. The molecule has 2 saturated heterocycles. The average molecular weight is 636 g/mol. The van der Waals surface area contributed by atoms with Crippen LogP contribution in [0.5, 0.6) is 0 Å².